The minimum absolute atomic E-state index is 0.179. The van der Waals surface area contributed by atoms with Crippen molar-refractivity contribution in [3.05, 3.63) is 71.7 Å². The predicted octanol–water partition coefficient (Wildman–Crippen LogP) is 6.30. The molecule has 4 rings (SSSR count). The highest BCUT2D eigenvalue weighted by molar-refractivity contribution is 5.44. The lowest BCUT2D eigenvalue weighted by molar-refractivity contribution is 0.0976. The van der Waals surface area contributed by atoms with Crippen molar-refractivity contribution in [2.24, 2.45) is 5.92 Å². The Bertz CT molecular complexity index is 1060. The fourth-order valence-corrected chi connectivity index (χ4v) is 4.37. The Morgan fingerprint density at radius 2 is 1.91 bits per heavy atom. The van der Waals surface area contributed by atoms with Crippen LogP contribution in [-0.4, -0.2) is 39.0 Å². The van der Waals surface area contributed by atoms with E-state index in [4.69, 9.17) is 9.84 Å². The van der Waals surface area contributed by atoms with E-state index < -0.39 is 0 Å². The summed E-state index contributed by atoms with van der Waals surface area (Å²) in [7, 11) is 0. The number of nitrogens with zero attached hydrogens (tertiary/aromatic N) is 3. The van der Waals surface area contributed by atoms with Crippen LogP contribution in [0.3, 0.4) is 0 Å². The van der Waals surface area contributed by atoms with Crippen molar-refractivity contribution in [1.29, 1.82) is 0 Å². The Balaban J connectivity index is 1.75. The third-order valence-corrected chi connectivity index (χ3v) is 6.21. The molecule has 2 aromatic carbocycles. The molecule has 34 heavy (non-hydrogen) atoms. The highest BCUT2D eigenvalue weighted by Crippen LogP contribution is 2.36. The molecule has 1 aliphatic carbocycles. The van der Waals surface area contributed by atoms with E-state index in [1.165, 1.54) is 25.0 Å². The molecule has 3 aromatic rings. The Morgan fingerprint density at radius 3 is 2.56 bits per heavy atom. The molecule has 0 amide bonds. The van der Waals surface area contributed by atoms with Crippen molar-refractivity contribution >= 4 is 0 Å². The van der Waals surface area contributed by atoms with Gasteiger partial charge in [0, 0.05) is 25.7 Å². The molecule has 5 nitrogen and oxygen atoms in total. The smallest absolute Gasteiger partial charge is 0.227 e. The second-order valence-electron chi connectivity index (χ2n) is 9.71. The topological polar surface area (TPSA) is 50.5 Å². The fourth-order valence-electron chi connectivity index (χ4n) is 4.37. The lowest BCUT2D eigenvalue weighted by Gasteiger charge is -2.26. The summed E-state index contributed by atoms with van der Waals surface area (Å²) in [6.45, 7) is 8.56. The SMILES string of the molecule is CCCC(O)CN(Cc1c(C(C)C)nn(-c2ccccc2)c1Oc1cccc(F)c1)CC1CC1. The van der Waals surface area contributed by atoms with E-state index in [1.54, 1.807) is 12.1 Å². The lowest BCUT2D eigenvalue weighted by Crippen LogP contribution is -2.34. The molecule has 6 heteroatoms. The first-order valence-corrected chi connectivity index (χ1v) is 12.5. The Labute approximate surface area is 202 Å². The summed E-state index contributed by atoms with van der Waals surface area (Å²) in [6.07, 6.45) is 3.87. The first-order valence-electron chi connectivity index (χ1n) is 12.5. The molecular weight excluding hydrogens is 429 g/mol. The van der Waals surface area contributed by atoms with E-state index in [1.807, 2.05) is 35.0 Å². The molecular formula is C28H36FN3O2. The molecule has 0 spiro atoms. The standard InChI is InChI=1S/C28H36FN3O2/c1-4-9-24(33)18-31(17-21-14-15-21)19-26-27(20(2)3)30-32(23-11-6-5-7-12-23)28(26)34-25-13-8-10-22(29)16-25/h5-8,10-13,16,20-21,24,33H,4,9,14-15,17-19H2,1-3H3. The van der Waals surface area contributed by atoms with Crippen LogP contribution >= 0.6 is 0 Å². The second kappa shape index (κ2) is 11.2. The van der Waals surface area contributed by atoms with E-state index in [-0.39, 0.29) is 17.8 Å². The summed E-state index contributed by atoms with van der Waals surface area (Å²) in [6, 6.07) is 16.1. The number of hydrogen-bond acceptors (Lipinski definition) is 4. The van der Waals surface area contributed by atoms with Gasteiger partial charge in [-0.25, -0.2) is 9.07 Å². The van der Waals surface area contributed by atoms with Gasteiger partial charge in [-0.2, -0.15) is 5.10 Å². The summed E-state index contributed by atoms with van der Waals surface area (Å²) < 4.78 is 22.1. The summed E-state index contributed by atoms with van der Waals surface area (Å²) in [5.74, 6) is 1.57. The number of benzene rings is 2. The highest BCUT2D eigenvalue weighted by Gasteiger charge is 2.29. The molecule has 1 atom stereocenters. The van der Waals surface area contributed by atoms with Crippen molar-refractivity contribution < 1.29 is 14.2 Å². The number of halogens is 1. The number of aliphatic hydroxyl groups is 1. The van der Waals surface area contributed by atoms with Crippen LogP contribution < -0.4 is 4.74 Å². The average Bonchev–Trinajstić information content (AvgIpc) is 3.55. The molecule has 1 aromatic heterocycles. The van der Waals surface area contributed by atoms with Crippen molar-refractivity contribution in [2.75, 3.05) is 13.1 Å². The summed E-state index contributed by atoms with van der Waals surface area (Å²) in [4.78, 5) is 2.34. The van der Waals surface area contributed by atoms with Crippen molar-refractivity contribution in [3.8, 4) is 17.3 Å². The molecule has 0 bridgehead atoms. The van der Waals surface area contributed by atoms with Crippen LogP contribution in [0.1, 0.15) is 63.6 Å². The molecule has 0 radical (unpaired) electrons. The number of aliphatic hydroxyl groups excluding tert-OH is 1. The fraction of sp³-hybridized carbons (Fsp3) is 0.464. The molecule has 1 saturated carbocycles. The monoisotopic (exact) mass is 465 g/mol. The predicted molar refractivity (Wildman–Crippen MR) is 133 cm³/mol. The van der Waals surface area contributed by atoms with E-state index >= 15 is 0 Å². The third-order valence-electron chi connectivity index (χ3n) is 6.21. The van der Waals surface area contributed by atoms with Crippen LogP contribution in [0.25, 0.3) is 5.69 Å². The Hall–Kier alpha value is -2.70. The van der Waals surface area contributed by atoms with E-state index in [0.717, 1.165) is 36.3 Å². The second-order valence-corrected chi connectivity index (χ2v) is 9.71. The Morgan fingerprint density at radius 1 is 1.15 bits per heavy atom. The van der Waals surface area contributed by atoms with Gasteiger partial charge >= 0.3 is 0 Å². The summed E-state index contributed by atoms with van der Waals surface area (Å²) in [5, 5.41) is 15.6. The number of aromatic nitrogens is 2. The van der Waals surface area contributed by atoms with Gasteiger partial charge in [0.2, 0.25) is 5.88 Å². The maximum absolute atomic E-state index is 14.0. The molecule has 0 saturated heterocycles. The molecule has 1 fully saturated rings. The van der Waals surface area contributed by atoms with Crippen molar-refractivity contribution in [1.82, 2.24) is 14.7 Å². The maximum atomic E-state index is 14.0. The van der Waals surface area contributed by atoms with Crippen LogP contribution in [0, 0.1) is 11.7 Å². The van der Waals surface area contributed by atoms with Gasteiger partial charge in [0.1, 0.15) is 11.6 Å². The van der Waals surface area contributed by atoms with Gasteiger partial charge in [0.25, 0.3) is 0 Å². The van der Waals surface area contributed by atoms with E-state index in [2.05, 4.69) is 25.7 Å². The van der Waals surface area contributed by atoms with E-state index in [9.17, 15) is 9.50 Å². The van der Waals surface area contributed by atoms with Crippen LogP contribution in [0.15, 0.2) is 54.6 Å². The van der Waals surface area contributed by atoms with E-state index in [0.29, 0.717) is 30.6 Å². The molecule has 182 valence electrons. The normalized spacial score (nSPS) is 14.7. The van der Waals surface area contributed by atoms with Gasteiger partial charge in [-0.05, 0) is 55.4 Å². The zero-order valence-electron chi connectivity index (χ0n) is 20.5. The van der Waals surface area contributed by atoms with Gasteiger partial charge < -0.3 is 9.84 Å². The third kappa shape index (κ3) is 6.24. The summed E-state index contributed by atoms with van der Waals surface area (Å²) in [5.41, 5.74) is 2.84. The number of para-hydroxylation sites is 1. The molecule has 1 N–H and O–H groups in total. The number of hydrogen-bond donors (Lipinski definition) is 1. The van der Waals surface area contributed by atoms with Crippen LogP contribution in [0.4, 0.5) is 4.39 Å². The van der Waals surface area contributed by atoms with Crippen LogP contribution in [-0.2, 0) is 6.54 Å². The highest BCUT2D eigenvalue weighted by atomic mass is 19.1. The van der Waals surface area contributed by atoms with Gasteiger partial charge in [0.15, 0.2) is 0 Å². The van der Waals surface area contributed by atoms with Gasteiger partial charge in [-0.1, -0.05) is 51.5 Å². The average molecular weight is 466 g/mol. The minimum atomic E-state index is -0.358. The van der Waals surface area contributed by atoms with Gasteiger partial charge in [-0.3, -0.25) is 4.90 Å². The van der Waals surface area contributed by atoms with Crippen molar-refractivity contribution in [3.63, 3.8) is 0 Å². The summed E-state index contributed by atoms with van der Waals surface area (Å²) >= 11 is 0. The largest absolute Gasteiger partial charge is 0.438 e. The van der Waals surface area contributed by atoms with Gasteiger partial charge in [0.05, 0.1) is 23.0 Å². The lowest BCUT2D eigenvalue weighted by atomic mass is 10.0. The van der Waals surface area contributed by atoms with Crippen LogP contribution in [0.5, 0.6) is 11.6 Å². The maximum Gasteiger partial charge on any atom is 0.227 e. The van der Waals surface area contributed by atoms with Crippen LogP contribution in [0.2, 0.25) is 0 Å². The zero-order chi connectivity index (χ0) is 24.1. The quantitative estimate of drug-likeness (QED) is 0.341. The number of rotatable bonds is 12. The first-order chi connectivity index (χ1) is 16.4. The molecule has 1 aliphatic rings. The number of ether oxygens (including phenoxy) is 1. The van der Waals surface area contributed by atoms with Crippen molar-refractivity contribution in [2.45, 2.75) is 65.0 Å². The first kappa shape index (κ1) is 24.4. The molecule has 1 unspecified atom stereocenters. The zero-order valence-corrected chi connectivity index (χ0v) is 20.5. The Kier molecular flexibility index (Phi) is 8.01. The van der Waals surface area contributed by atoms with Gasteiger partial charge in [-0.15, -0.1) is 0 Å². The minimum Gasteiger partial charge on any atom is -0.438 e. The molecule has 1 heterocycles. The molecule has 0 aliphatic heterocycles.